The molecule has 1 aromatic carbocycles. The molecular formula is C18H18N4O5S. The molecule has 0 saturated carbocycles. The number of benzene rings is 1. The molecule has 9 nitrogen and oxygen atoms in total. The smallest absolute Gasteiger partial charge is 0.330 e. The summed E-state index contributed by atoms with van der Waals surface area (Å²) in [4.78, 5) is 18.2. The van der Waals surface area contributed by atoms with Crippen molar-refractivity contribution in [2.24, 2.45) is 0 Å². The number of fused-ring (bicyclic) bond motifs is 1. The first-order chi connectivity index (χ1) is 13.5. The minimum Gasteiger partial charge on any atom is -0.379 e. The van der Waals surface area contributed by atoms with Crippen molar-refractivity contribution in [2.75, 3.05) is 18.5 Å². The summed E-state index contributed by atoms with van der Waals surface area (Å²) in [5.74, 6) is 0. The molecule has 0 radical (unpaired) electrons. The molecule has 1 unspecified atom stereocenters. The van der Waals surface area contributed by atoms with Crippen LogP contribution in [0.25, 0.3) is 11.0 Å². The largest absolute Gasteiger partial charge is 0.379 e. The summed E-state index contributed by atoms with van der Waals surface area (Å²) in [6.45, 7) is 1.04. The minimum absolute atomic E-state index is 0.0524. The Bertz CT molecular complexity index is 1120. The summed E-state index contributed by atoms with van der Waals surface area (Å²) in [5, 5.41) is 15.0. The van der Waals surface area contributed by atoms with Crippen LogP contribution in [-0.2, 0) is 14.6 Å². The topological polar surface area (TPSA) is 127 Å². The molecule has 3 heterocycles. The van der Waals surface area contributed by atoms with Crippen molar-refractivity contribution in [3.63, 3.8) is 0 Å². The van der Waals surface area contributed by atoms with Gasteiger partial charge in [-0.05, 0) is 31.0 Å². The second kappa shape index (κ2) is 7.21. The van der Waals surface area contributed by atoms with E-state index in [4.69, 9.17) is 4.74 Å². The van der Waals surface area contributed by atoms with Crippen molar-refractivity contribution in [1.82, 2.24) is 9.97 Å². The highest BCUT2D eigenvalue weighted by Gasteiger charge is 2.35. The van der Waals surface area contributed by atoms with Crippen LogP contribution in [0.5, 0.6) is 0 Å². The Kier molecular flexibility index (Phi) is 4.73. The molecule has 0 amide bonds. The second-order valence-electron chi connectivity index (χ2n) is 6.51. The van der Waals surface area contributed by atoms with E-state index in [1.165, 1.54) is 12.1 Å². The van der Waals surface area contributed by atoms with Crippen molar-refractivity contribution >= 4 is 32.2 Å². The van der Waals surface area contributed by atoms with Crippen LogP contribution in [-0.4, -0.2) is 42.6 Å². The van der Waals surface area contributed by atoms with Gasteiger partial charge in [0.1, 0.15) is 11.3 Å². The number of aromatic amines is 1. The number of sulfone groups is 1. The highest BCUT2D eigenvalue weighted by Crippen LogP contribution is 2.39. The molecule has 4 rings (SSSR count). The molecule has 2 N–H and O–H groups in total. The number of rotatable bonds is 5. The molecule has 1 aliphatic rings. The van der Waals surface area contributed by atoms with E-state index in [9.17, 15) is 18.5 Å². The molecule has 1 fully saturated rings. The van der Waals surface area contributed by atoms with Crippen molar-refractivity contribution < 1.29 is 18.1 Å². The molecule has 1 aliphatic heterocycles. The van der Waals surface area contributed by atoms with E-state index >= 15 is 0 Å². The van der Waals surface area contributed by atoms with Crippen LogP contribution in [0, 0.1) is 10.1 Å². The van der Waals surface area contributed by atoms with E-state index < -0.39 is 25.5 Å². The summed E-state index contributed by atoms with van der Waals surface area (Å²) < 4.78 is 31.7. The van der Waals surface area contributed by atoms with Gasteiger partial charge in [0.05, 0.1) is 16.4 Å². The van der Waals surface area contributed by atoms with E-state index in [1.54, 1.807) is 30.5 Å². The van der Waals surface area contributed by atoms with Crippen molar-refractivity contribution in [3.8, 4) is 0 Å². The maximum absolute atomic E-state index is 13.1. The lowest BCUT2D eigenvalue weighted by Crippen LogP contribution is -2.30. The van der Waals surface area contributed by atoms with Crippen molar-refractivity contribution in [2.45, 2.75) is 28.8 Å². The number of pyridine rings is 1. The Morgan fingerprint density at radius 1 is 1.25 bits per heavy atom. The van der Waals surface area contributed by atoms with Crippen LogP contribution in [0.1, 0.15) is 12.8 Å². The van der Waals surface area contributed by atoms with Crippen LogP contribution in [0.15, 0.2) is 52.5 Å². The van der Waals surface area contributed by atoms with Crippen LogP contribution >= 0.6 is 0 Å². The third-order valence-electron chi connectivity index (χ3n) is 4.65. The minimum atomic E-state index is -4.19. The average Bonchev–Trinajstić information content (AvgIpc) is 3.18. The van der Waals surface area contributed by atoms with Gasteiger partial charge in [-0.2, -0.15) is 0 Å². The van der Waals surface area contributed by atoms with Gasteiger partial charge in [-0.1, -0.05) is 18.2 Å². The highest BCUT2D eigenvalue weighted by atomic mass is 32.2. The molecular weight excluding hydrogens is 384 g/mol. The molecule has 2 aromatic heterocycles. The molecule has 146 valence electrons. The Hall–Kier alpha value is -2.98. The fraction of sp³-hybridized carbons (Fsp3) is 0.278. The molecule has 0 aliphatic carbocycles. The number of aromatic nitrogens is 2. The number of nitro groups is 1. The molecule has 28 heavy (non-hydrogen) atoms. The van der Waals surface area contributed by atoms with E-state index in [0.717, 1.165) is 12.8 Å². The first kappa shape index (κ1) is 18.4. The van der Waals surface area contributed by atoms with E-state index in [2.05, 4.69) is 15.3 Å². The number of nitrogens with zero attached hydrogens (tertiary/aromatic N) is 2. The predicted molar refractivity (Wildman–Crippen MR) is 102 cm³/mol. The van der Waals surface area contributed by atoms with Gasteiger partial charge in [-0.15, -0.1) is 0 Å². The lowest BCUT2D eigenvalue weighted by atomic mass is 10.1. The maximum Gasteiger partial charge on any atom is 0.330 e. The van der Waals surface area contributed by atoms with Gasteiger partial charge >= 0.3 is 5.69 Å². The Balaban J connectivity index is 1.94. The van der Waals surface area contributed by atoms with Gasteiger partial charge in [-0.25, -0.2) is 13.4 Å². The number of H-pyrrole nitrogens is 1. The number of hydrogen-bond donors (Lipinski definition) is 2. The van der Waals surface area contributed by atoms with Gasteiger partial charge in [0.25, 0.3) is 0 Å². The van der Waals surface area contributed by atoms with Crippen LogP contribution < -0.4 is 5.32 Å². The Labute approximate surface area is 160 Å². The van der Waals surface area contributed by atoms with E-state index in [1.807, 2.05) is 0 Å². The molecule has 0 bridgehead atoms. The summed E-state index contributed by atoms with van der Waals surface area (Å²) >= 11 is 0. The number of nitrogens with one attached hydrogen (secondary N) is 2. The molecule has 1 saturated heterocycles. The fourth-order valence-electron chi connectivity index (χ4n) is 3.32. The van der Waals surface area contributed by atoms with Gasteiger partial charge < -0.3 is 15.0 Å². The zero-order valence-corrected chi connectivity index (χ0v) is 15.6. The Morgan fingerprint density at radius 3 is 2.71 bits per heavy atom. The zero-order chi connectivity index (χ0) is 19.7. The third-order valence-corrected chi connectivity index (χ3v) is 6.33. The third kappa shape index (κ3) is 3.20. The first-order valence-electron chi connectivity index (χ1n) is 8.78. The zero-order valence-electron chi connectivity index (χ0n) is 14.8. The SMILES string of the molecule is O=[N+]([O-])c1c(S(=O)(=O)c2ccccc2)nc2[nH]ccc2c1NC1CCCOC1. The number of anilines is 1. The molecule has 10 heteroatoms. The quantitative estimate of drug-likeness (QED) is 0.496. The van der Waals surface area contributed by atoms with Crippen molar-refractivity contribution in [3.05, 3.63) is 52.7 Å². The van der Waals surface area contributed by atoms with Crippen LogP contribution in [0.4, 0.5) is 11.4 Å². The monoisotopic (exact) mass is 402 g/mol. The average molecular weight is 402 g/mol. The lowest BCUT2D eigenvalue weighted by Gasteiger charge is -2.24. The van der Waals surface area contributed by atoms with Gasteiger partial charge in [0, 0.05) is 24.2 Å². The standard InChI is InChI=1S/C18H18N4O5S/c23-22(24)16-15(20-12-5-4-10-27-11-12)14-8-9-19-17(14)21-18(16)28(25,26)13-6-2-1-3-7-13/h1-3,6-9,12H,4-5,10-11H2,(H2,19,20,21). The number of ether oxygens (including phenoxy) is 1. The molecule has 0 spiro atoms. The van der Waals surface area contributed by atoms with Gasteiger partial charge in [0.2, 0.25) is 14.9 Å². The summed E-state index contributed by atoms with van der Waals surface area (Å²) in [7, 11) is -4.19. The lowest BCUT2D eigenvalue weighted by molar-refractivity contribution is -0.387. The van der Waals surface area contributed by atoms with Gasteiger partial charge in [-0.3, -0.25) is 10.1 Å². The van der Waals surface area contributed by atoms with Gasteiger partial charge in [0.15, 0.2) is 0 Å². The molecule has 1 atom stereocenters. The molecule has 3 aromatic rings. The summed E-state index contributed by atoms with van der Waals surface area (Å²) in [6.07, 6.45) is 3.16. The van der Waals surface area contributed by atoms with E-state index in [-0.39, 0.29) is 22.3 Å². The highest BCUT2D eigenvalue weighted by molar-refractivity contribution is 7.91. The normalized spacial score (nSPS) is 17.5. The van der Waals surface area contributed by atoms with Crippen molar-refractivity contribution in [1.29, 1.82) is 0 Å². The number of hydrogen-bond acceptors (Lipinski definition) is 7. The predicted octanol–water partition coefficient (Wildman–Crippen LogP) is 2.89. The summed E-state index contributed by atoms with van der Waals surface area (Å²) in [6, 6.07) is 9.06. The maximum atomic E-state index is 13.1. The second-order valence-corrected chi connectivity index (χ2v) is 8.38. The summed E-state index contributed by atoms with van der Waals surface area (Å²) in [5.41, 5.74) is -0.151. The van der Waals surface area contributed by atoms with Crippen LogP contribution in [0.2, 0.25) is 0 Å². The fourth-order valence-corrected chi connectivity index (χ4v) is 4.70. The van der Waals surface area contributed by atoms with Crippen LogP contribution in [0.3, 0.4) is 0 Å². The Morgan fingerprint density at radius 2 is 2.04 bits per heavy atom. The first-order valence-corrected chi connectivity index (χ1v) is 10.3. The van der Waals surface area contributed by atoms with E-state index in [0.29, 0.717) is 18.6 Å².